The predicted octanol–water partition coefficient (Wildman–Crippen LogP) is 6.32. The van der Waals surface area contributed by atoms with E-state index in [1.807, 2.05) is 21.1 Å². The van der Waals surface area contributed by atoms with Gasteiger partial charge in [0.25, 0.3) is 0 Å². The first kappa shape index (κ1) is 34.8. The Morgan fingerprint density at radius 2 is 1.19 bits per heavy atom. The third-order valence-electron chi connectivity index (χ3n) is 6.45. The van der Waals surface area contributed by atoms with Crippen LogP contribution in [0.3, 0.4) is 0 Å². The summed E-state index contributed by atoms with van der Waals surface area (Å²) in [5.41, 5.74) is 0. The smallest absolute Gasteiger partial charge is 0.416 e. The number of aliphatic hydroxyl groups excluding tert-OH is 1. The average molecular weight is 516 g/mol. The Bertz CT molecular complexity index is 536. The number of likely N-dealkylation sites (N-methyl/N-ethyl adjacent to an activating group) is 1. The summed E-state index contributed by atoms with van der Waals surface area (Å²) >= 11 is 0. The van der Waals surface area contributed by atoms with E-state index in [2.05, 4.69) is 6.92 Å². The molecule has 0 bridgehead atoms. The molecule has 0 aliphatic rings. The molecule has 7 nitrogen and oxygen atoms in total. The van der Waals surface area contributed by atoms with Crippen molar-refractivity contribution in [3.05, 3.63) is 0 Å². The van der Waals surface area contributed by atoms with Gasteiger partial charge in [0.05, 0.1) is 40.8 Å². The molecule has 7 heteroatoms. The topological polar surface area (TPSA) is 76.1 Å². The molecular weight excluding hydrogens is 456 g/mol. The van der Waals surface area contributed by atoms with Crippen LogP contribution in [0.15, 0.2) is 0 Å². The molecule has 0 saturated heterocycles. The minimum Gasteiger partial charge on any atom is -0.446 e. The van der Waals surface area contributed by atoms with Gasteiger partial charge in [0.1, 0.15) is 12.7 Å². The third kappa shape index (κ3) is 23.2. The highest BCUT2D eigenvalue weighted by Crippen LogP contribution is 2.13. The lowest BCUT2D eigenvalue weighted by molar-refractivity contribution is -0.869. The summed E-state index contributed by atoms with van der Waals surface area (Å²) in [6.45, 7) is 5.08. The molecule has 1 unspecified atom stereocenters. The lowest BCUT2D eigenvalue weighted by atomic mass is 10.0. The van der Waals surface area contributed by atoms with Crippen LogP contribution in [-0.4, -0.2) is 86.6 Å². The molecule has 0 aliphatic heterocycles. The maximum atomic E-state index is 12.2. The van der Waals surface area contributed by atoms with Gasteiger partial charge in [0.2, 0.25) is 5.91 Å². The highest BCUT2D eigenvalue weighted by Gasteiger charge is 2.23. The van der Waals surface area contributed by atoms with Gasteiger partial charge < -0.3 is 19.1 Å². The van der Waals surface area contributed by atoms with E-state index < -0.39 is 12.2 Å². The first-order valence-corrected chi connectivity index (χ1v) is 14.7. The maximum Gasteiger partial charge on any atom is 0.416 e. The van der Waals surface area contributed by atoms with Crippen LogP contribution in [-0.2, 0) is 14.3 Å². The van der Waals surface area contributed by atoms with Crippen LogP contribution in [0.4, 0.5) is 4.79 Å². The van der Waals surface area contributed by atoms with Crippen molar-refractivity contribution in [2.24, 2.45) is 0 Å². The minimum absolute atomic E-state index is 0.130. The quantitative estimate of drug-likeness (QED) is 0.120. The fourth-order valence-corrected chi connectivity index (χ4v) is 4.04. The molecule has 2 amide bonds. The van der Waals surface area contributed by atoms with E-state index >= 15 is 0 Å². The number of carbonyl (C=O) groups excluding carboxylic acids is 2. The normalized spacial score (nSPS) is 12.5. The van der Waals surface area contributed by atoms with Crippen LogP contribution in [0.1, 0.15) is 117 Å². The average Bonchev–Trinajstić information content (AvgIpc) is 2.81. The number of quaternary nitrogens is 1. The summed E-state index contributed by atoms with van der Waals surface area (Å²) < 4.78 is 11.3. The minimum atomic E-state index is -0.887. The highest BCUT2D eigenvalue weighted by atomic mass is 16.6. The van der Waals surface area contributed by atoms with Crippen molar-refractivity contribution in [1.29, 1.82) is 0 Å². The number of rotatable bonds is 24. The molecule has 0 aliphatic carbocycles. The fourth-order valence-electron chi connectivity index (χ4n) is 4.04. The Labute approximate surface area is 222 Å². The molecule has 1 atom stereocenters. The molecule has 0 heterocycles. The summed E-state index contributed by atoms with van der Waals surface area (Å²) in [5, 5.41) is 10.0. The zero-order chi connectivity index (χ0) is 27.1. The standard InChI is InChI=1S/C29H59N2O5/c1-6-7-8-9-10-11-12-13-14-15-16-17-18-19-20-21-24-35-25-28(33)26-36-29(34)30(27(2)32)22-23-31(3,4)5/h28,33H,6-26H2,1-5H3/q+1. The fraction of sp³-hybridized carbons (Fsp3) is 0.931. The first-order valence-electron chi connectivity index (χ1n) is 14.7. The molecule has 0 spiro atoms. The van der Waals surface area contributed by atoms with Gasteiger partial charge in [-0.25, -0.2) is 9.69 Å². The zero-order valence-electron chi connectivity index (χ0n) is 24.4. The number of amides is 2. The Morgan fingerprint density at radius 3 is 1.61 bits per heavy atom. The molecule has 0 aromatic carbocycles. The van der Waals surface area contributed by atoms with Gasteiger partial charge in [-0.05, 0) is 6.42 Å². The number of carbonyl (C=O) groups is 2. The number of ether oxygens (including phenoxy) is 2. The molecule has 0 rings (SSSR count). The first-order chi connectivity index (χ1) is 17.2. The van der Waals surface area contributed by atoms with Crippen LogP contribution < -0.4 is 0 Å². The van der Waals surface area contributed by atoms with Crippen molar-refractivity contribution in [1.82, 2.24) is 4.90 Å². The van der Waals surface area contributed by atoms with Crippen LogP contribution >= 0.6 is 0 Å². The van der Waals surface area contributed by atoms with Crippen LogP contribution in [0.5, 0.6) is 0 Å². The molecule has 1 N–H and O–H groups in total. The van der Waals surface area contributed by atoms with E-state index in [4.69, 9.17) is 9.47 Å². The summed E-state index contributed by atoms with van der Waals surface area (Å²) in [7, 11) is 5.97. The zero-order valence-corrected chi connectivity index (χ0v) is 24.4. The monoisotopic (exact) mass is 515 g/mol. The molecule has 0 saturated carbocycles. The van der Waals surface area contributed by atoms with Crippen LogP contribution in [0.25, 0.3) is 0 Å². The molecule has 0 aromatic rings. The van der Waals surface area contributed by atoms with Crippen molar-refractivity contribution >= 4 is 12.0 Å². The Kier molecular flexibility index (Phi) is 22.2. The van der Waals surface area contributed by atoms with E-state index in [-0.39, 0.29) is 25.7 Å². The number of hydrogen-bond acceptors (Lipinski definition) is 5. The second-order valence-electron chi connectivity index (χ2n) is 11.3. The van der Waals surface area contributed by atoms with E-state index in [0.29, 0.717) is 17.6 Å². The summed E-state index contributed by atoms with van der Waals surface area (Å²) in [6.07, 6.45) is 19.7. The number of hydrogen-bond donors (Lipinski definition) is 1. The molecule has 36 heavy (non-hydrogen) atoms. The number of unbranched alkanes of at least 4 members (excludes halogenated alkanes) is 15. The summed E-state index contributed by atoms with van der Waals surface area (Å²) in [5.74, 6) is -0.359. The van der Waals surface area contributed by atoms with Crippen molar-refractivity contribution < 1.29 is 28.7 Å². The van der Waals surface area contributed by atoms with Gasteiger partial charge in [-0.2, -0.15) is 0 Å². The van der Waals surface area contributed by atoms with E-state index in [1.54, 1.807) is 0 Å². The van der Waals surface area contributed by atoms with Gasteiger partial charge in [0.15, 0.2) is 0 Å². The SMILES string of the molecule is CCCCCCCCCCCCCCCCCCOCC(O)COC(=O)N(CC[N+](C)(C)C)C(C)=O. The highest BCUT2D eigenvalue weighted by molar-refractivity contribution is 5.90. The Hall–Kier alpha value is -1.18. The van der Waals surface area contributed by atoms with E-state index in [0.717, 1.165) is 17.7 Å². The predicted molar refractivity (Wildman–Crippen MR) is 148 cm³/mol. The van der Waals surface area contributed by atoms with Crippen molar-refractivity contribution in [2.45, 2.75) is 123 Å². The largest absolute Gasteiger partial charge is 0.446 e. The van der Waals surface area contributed by atoms with Gasteiger partial charge in [-0.15, -0.1) is 0 Å². The van der Waals surface area contributed by atoms with Crippen molar-refractivity contribution in [3.63, 3.8) is 0 Å². The second kappa shape index (κ2) is 23.0. The van der Waals surface area contributed by atoms with Crippen LogP contribution in [0, 0.1) is 0 Å². The van der Waals surface area contributed by atoms with Crippen LogP contribution in [0.2, 0.25) is 0 Å². The molecular formula is C29H59N2O5+. The number of nitrogens with zero attached hydrogens (tertiary/aromatic N) is 2. The van der Waals surface area contributed by atoms with Gasteiger partial charge in [-0.1, -0.05) is 103 Å². The maximum absolute atomic E-state index is 12.2. The number of aliphatic hydroxyl groups is 1. The van der Waals surface area contributed by atoms with Crippen molar-refractivity contribution in [3.8, 4) is 0 Å². The third-order valence-corrected chi connectivity index (χ3v) is 6.45. The van der Waals surface area contributed by atoms with Gasteiger partial charge in [0, 0.05) is 13.5 Å². The van der Waals surface area contributed by atoms with Gasteiger partial charge >= 0.3 is 6.09 Å². The Balaban J connectivity index is 3.53. The lowest BCUT2D eigenvalue weighted by Crippen LogP contribution is -2.46. The van der Waals surface area contributed by atoms with Gasteiger partial charge in [-0.3, -0.25) is 4.79 Å². The second-order valence-corrected chi connectivity index (χ2v) is 11.3. The Morgan fingerprint density at radius 1 is 0.750 bits per heavy atom. The lowest BCUT2D eigenvalue weighted by Gasteiger charge is -2.27. The molecule has 0 radical (unpaired) electrons. The molecule has 0 fully saturated rings. The van der Waals surface area contributed by atoms with E-state index in [9.17, 15) is 14.7 Å². The number of imide groups is 1. The molecule has 214 valence electrons. The molecule has 0 aromatic heterocycles. The van der Waals surface area contributed by atoms with E-state index in [1.165, 1.54) is 96.8 Å². The summed E-state index contributed by atoms with van der Waals surface area (Å²) in [4.78, 5) is 25.0. The summed E-state index contributed by atoms with van der Waals surface area (Å²) in [6, 6.07) is 0. The van der Waals surface area contributed by atoms with Crippen molar-refractivity contribution in [2.75, 3.05) is 54.1 Å².